The normalized spacial score (nSPS) is 27.1. The molecule has 2 fully saturated rings. The van der Waals surface area contributed by atoms with Crippen LogP contribution < -0.4 is 5.32 Å². The SMILES string of the molecule is O=C1COC(C2CCNC2)CN1Cc1ccc(Cl)cc1. The Bertz CT molecular complexity index is 471. The molecule has 2 unspecified atom stereocenters. The third kappa shape index (κ3) is 3.14. The van der Waals surface area contributed by atoms with Gasteiger partial charge in [0, 0.05) is 30.6 Å². The van der Waals surface area contributed by atoms with Crippen LogP contribution in [-0.2, 0) is 16.1 Å². The summed E-state index contributed by atoms with van der Waals surface area (Å²) in [5.74, 6) is 0.595. The van der Waals surface area contributed by atoms with Gasteiger partial charge >= 0.3 is 0 Å². The van der Waals surface area contributed by atoms with Gasteiger partial charge in [-0.05, 0) is 30.7 Å². The van der Waals surface area contributed by atoms with Crippen molar-refractivity contribution < 1.29 is 9.53 Å². The summed E-state index contributed by atoms with van der Waals surface area (Å²) in [6, 6.07) is 7.66. The van der Waals surface area contributed by atoms with Crippen molar-refractivity contribution in [3.8, 4) is 0 Å². The van der Waals surface area contributed by atoms with Gasteiger partial charge in [-0.1, -0.05) is 23.7 Å². The maximum absolute atomic E-state index is 12.0. The Kier molecular flexibility index (Phi) is 4.24. The summed E-state index contributed by atoms with van der Waals surface area (Å²) in [4.78, 5) is 13.9. The first-order valence-corrected chi connectivity index (χ1v) is 7.45. The molecule has 0 bridgehead atoms. The van der Waals surface area contributed by atoms with E-state index in [-0.39, 0.29) is 18.6 Å². The Morgan fingerprint density at radius 3 is 2.85 bits per heavy atom. The van der Waals surface area contributed by atoms with E-state index in [2.05, 4.69) is 5.32 Å². The van der Waals surface area contributed by atoms with Gasteiger partial charge in [-0.2, -0.15) is 0 Å². The minimum Gasteiger partial charge on any atom is -0.366 e. The lowest BCUT2D eigenvalue weighted by molar-refractivity contribution is -0.152. The summed E-state index contributed by atoms with van der Waals surface area (Å²) >= 11 is 5.88. The highest BCUT2D eigenvalue weighted by atomic mass is 35.5. The Balaban J connectivity index is 1.64. The number of amides is 1. The first-order valence-electron chi connectivity index (χ1n) is 7.07. The van der Waals surface area contributed by atoms with Crippen LogP contribution in [0.15, 0.2) is 24.3 Å². The molecule has 2 aliphatic heterocycles. The molecule has 1 N–H and O–H groups in total. The number of halogens is 1. The monoisotopic (exact) mass is 294 g/mol. The molecule has 0 aromatic heterocycles. The van der Waals surface area contributed by atoms with Crippen molar-refractivity contribution in [2.45, 2.75) is 19.1 Å². The molecule has 1 amide bonds. The number of morpholine rings is 1. The Hall–Kier alpha value is -1.10. The molecule has 5 heteroatoms. The van der Waals surface area contributed by atoms with Crippen molar-refractivity contribution in [2.24, 2.45) is 5.92 Å². The zero-order valence-electron chi connectivity index (χ0n) is 11.3. The van der Waals surface area contributed by atoms with Gasteiger partial charge in [0.1, 0.15) is 6.61 Å². The third-order valence-corrected chi connectivity index (χ3v) is 4.34. The van der Waals surface area contributed by atoms with Crippen LogP contribution in [0.3, 0.4) is 0 Å². The van der Waals surface area contributed by atoms with Crippen LogP contribution in [0.25, 0.3) is 0 Å². The van der Waals surface area contributed by atoms with E-state index in [0.29, 0.717) is 19.0 Å². The maximum atomic E-state index is 12.0. The Labute approximate surface area is 124 Å². The molecule has 1 aromatic rings. The minimum atomic E-state index is 0.0714. The second kappa shape index (κ2) is 6.12. The molecule has 0 radical (unpaired) electrons. The largest absolute Gasteiger partial charge is 0.366 e. The molecule has 0 spiro atoms. The molecule has 108 valence electrons. The van der Waals surface area contributed by atoms with Gasteiger partial charge < -0.3 is 15.0 Å². The van der Waals surface area contributed by atoms with Gasteiger partial charge in [0.25, 0.3) is 0 Å². The second-order valence-corrected chi connectivity index (χ2v) is 5.94. The van der Waals surface area contributed by atoms with Crippen LogP contribution >= 0.6 is 11.6 Å². The first-order chi connectivity index (χ1) is 9.72. The molecule has 20 heavy (non-hydrogen) atoms. The predicted molar refractivity (Wildman–Crippen MR) is 77.6 cm³/mol. The number of benzene rings is 1. The van der Waals surface area contributed by atoms with Crippen LogP contribution in [0.2, 0.25) is 5.02 Å². The lowest BCUT2D eigenvalue weighted by Gasteiger charge is -2.35. The fourth-order valence-corrected chi connectivity index (χ4v) is 3.01. The van der Waals surface area contributed by atoms with Crippen LogP contribution in [0, 0.1) is 5.92 Å². The van der Waals surface area contributed by atoms with Gasteiger partial charge in [0.15, 0.2) is 0 Å². The molecule has 0 aliphatic carbocycles. The summed E-state index contributed by atoms with van der Waals surface area (Å²) in [7, 11) is 0. The summed E-state index contributed by atoms with van der Waals surface area (Å²) in [6.07, 6.45) is 1.29. The average Bonchev–Trinajstić information content (AvgIpc) is 2.98. The number of nitrogens with one attached hydrogen (secondary N) is 1. The Morgan fingerprint density at radius 1 is 1.35 bits per heavy atom. The molecule has 2 atom stereocenters. The van der Waals surface area contributed by atoms with Crippen LogP contribution in [-0.4, -0.2) is 43.2 Å². The van der Waals surface area contributed by atoms with E-state index >= 15 is 0 Å². The fourth-order valence-electron chi connectivity index (χ4n) is 2.88. The molecular weight excluding hydrogens is 276 g/mol. The molecular formula is C15H19ClN2O2. The zero-order chi connectivity index (χ0) is 13.9. The quantitative estimate of drug-likeness (QED) is 0.922. The smallest absolute Gasteiger partial charge is 0.248 e. The van der Waals surface area contributed by atoms with Gasteiger partial charge in [-0.25, -0.2) is 0 Å². The molecule has 2 aliphatic rings. The number of carbonyl (C=O) groups is 1. The number of ether oxygens (including phenoxy) is 1. The van der Waals surface area contributed by atoms with E-state index in [1.807, 2.05) is 29.2 Å². The summed E-state index contributed by atoms with van der Waals surface area (Å²) in [5, 5.41) is 4.07. The lowest BCUT2D eigenvalue weighted by atomic mass is 9.99. The average molecular weight is 295 g/mol. The fraction of sp³-hybridized carbons (Fsp3) is 0.533. The van der Waals surface area contributed by atoms with Gasteiger partial charge in [0.05, 0.1) is 6.10 Å². The van der Waals surface area contributed by atoms with E-state index in [9.17, 15) is 4.79 Å². The highest BCUT2D eigenvalue weighted by molar-refractivity contribution is 6.30. The standard InChI is InChI=1S/C15H19ClN2O2/c16-13-3-1-11(2-4-13)8-18-9-14(20-10-15(18)19)12-5-6-17-7-12/h1-4,12,14,17H,5-10H2. The number of hydrogen-bond acceptors (Lipinski definition) is 3. The van der Waals surface area contributed by atoms with Crippen LogP contribution in [0.5, 0.6) is 0 Å². The van der Waals surface area contributed by atoms with E-state index in [1.165, 1.54) is 0 Å². The molecule has 0 saturated carbocycles. The summed E-state index contributed by atoms with van der Waals surface area (Å²) in [6.45, 7) is 3.57. The number of hydrogen-bond donors (Lipinski definition) is 1. The Morgan fingerprint density at radius 2 is 2.15 bits per heavy atom. The highest BCUT2D eigenvalue weighted by Crippen LogP contribution is 2.21. The molecule has 4 nitrogen and oxygen atoms in total. The topological polar surface area (TPSA) is 41.6 Å². The van der Waals surface area contributed by atoms with Crippen LogP contribution in [0.4, 0.5) is 0 Å². The minimum absolute atomic E-state index is 0.0714. The highest BCUT2D eigenvalue weighted by Gasteiger charge is 2.33. The third-order valence-electron chi connectivity index (χ3n) is 4.08. The zero-order valence-corrected chi connectivity index (χ0v) is 12.1. The van der Waals surface area contributed by atoms with Crippen molar-refractivity contribution in [1.82, 2.24) is 10.2 Å². The van der Waals surface area contributed by atoms with Crippen molar-refractivity contribution in [2.75, 3.05) is 26.2 Å². The van der Waals surface area contributed by atoms with Crippen LogP contribution in [0.1, 0.15) is 12.0 Å². The lowest BCUT2D eigenvalue weighted by Crippen LogP contribution is -2.49. The molecule has 2 heterocycles. The van der Waals surface area contributed by atoms with Crippen molar-refractivity contribution >= 4 is 17.5 Å². The van der Waals surface area contributed by atoms with E-state index in [1.54, 1.807) is 0 Å². The van der Waals surface area contributed by atoms with E-state index in [0.717, 1.165) is 30.1 Å². The van der Waals surface area contributed by atoms with Gasteiger partial charge in [0.2, 0.25) is 5.91 Å². The predicted octanol–water partition coefficient (Wildman–Crippen LogP) is 1.68. The second-order valence-electron chi connectivity index (χ2n) is 5.50. The van der Waals surface area contributed by atoms with Gasteiger partial charge in [-0.3, -0.25) is 4.79 Å². The summed E-state index contributed by atoms with van der Waals surface area (Å²) < 4.78 is 5.71. The maximum Gasteiger partial charge on any atom is 0.248 e. The number of carbonyl (C=O) groups excluding carboxylic acids is 1. The first kappa shape index (κ1) is 13.9. The van der Waals surface area contributed by atoms with Crippen molar-refractivity contribution in [3.05, 3.63) is 34.9 Å². The van der Waals surface area contributed by atoms with Crippen molar-refractivity contribution in [3.63, 3.8) is 0 Å². The van der Waals surface area contributed by atoms with E-state index < -0.39 is 0 Å². The molecule has 2 saturated heterocycles. The van der Waals surface area contributed by atoms with Crippen molar-refractivity contribution in [1.29, 1.82) is 0 Å². The molecule has 1 aromatic carbocycles. The van der Waals surface area contributed by atoms with E-state index in [4.69, 9.17) is 16.3 Å². The summed E-state index contributed by atoms with van der Waals surface area (Å²) in [5.41, 5.74) is 1.10. The van der Waals surface area contributed by atoms with Gasteiger partial charge in [-0.15, -0.1) is 0 Å². The number of nitrogens with zero attached hydrogens (tertiary/aromatic N) is 1. The molecule has 3 rings (SSSR count). The number of rotatable bonds is 3.